The van der Waals surface area contributed by atoms with E-state index in [1.54, 1.807) is 12.1 Å². The number of fused-ring (bicyclic) bond motifs is 1. The van der Waals surface area contributed by atoms with Crippen LogP contribution in [0.1, 0.15) is 37.2 Å². The van der Waals surface area contributed by atoms with E-state index in [2.05, 4.69) is 27.2 Å². The van der Waals surface area contributed by atoms with E-state index in [1.807, 2.05) is 43.0 Å². The SMILES string of the molecule is C[C@H]1CN(c2nc(OC[C@@H]3CCCN3C)nc(C(=O)Nc3cccc4cccc(Cl)c34)c2N)[C@@H](C)CN1C(=O)O. The standard InChI is InChI=1S/C28H34ClN7O4/c1-16-14-36(28(38)39)17(2)13-35(16)25-23(30)24(32-27(33-25)40-15-19-9-6-12-34(19)3)26(37)31-21-11-5-8-18-7-4-10-20(29)22(18)21/h4-5,7-8,10-11,16-17,19H,6,9,12-15,30H2,1-3H3,(H,31,37)(H,38,39)/t16-,17-,19-/m0/s1. The molecule has 2 fully saturated rings. The first-order valence-electron chi connectivity index (χ1n) is 13.4. The molecule has 212 valence electrons. The summed E-state index contributed by atoms with van der Waals surface area (Å²) < 4.78 is 6.05. The maximum Gasteiger partial charge on any atom is 0.407 e. The van der Waals surface area contributed by atoms with Crippen molar-refractivity contribution in [3.8, 4) is 6.01 Å². The Balaban J connectivity index is 1.50. The van der Waals surface area contributed by atoms with Crippen molar-refractivity contribution < 1.29 is 19.4 Å². The van der Waals surface area contributed by atoms with E-state index in [-0.39, 0.29) is 42.1 Å². The Kier molecular flexibility index (Phi) is 7.86. The summed E-state index contributed by atoms with van der Waals surface area (Å²) in [7, 11) is 2.05. The van der Waals surface area contributed by atoms with Gasteiger partial charge in [0.05, 0.1) is 10.7 Å². The second kappa shape index (κ2) is 11.3. The lowest BCUT2D eigenvalue weighted by molar-refractivity contribution is 0.102. The van der Waals surface area contributed by atoms with Crippen LogP contribution in [-0.2, 0) is 0 Å². The highest BCUT2D eigenvalue weighted by Crippen LogP contribution is 2.33. The minimum absolute atomic E-state index is 0.0237. The van der Waals surface area contributed by atoms with E-state index in [4.69, 9.17) is 22.1 Å². The minimum atomic E-state index is -0.979. The third-order valence-electron chi connectivity index (χ3n) is 7.80. The normalized spacial score (nSPS) is 21.6. The number of rotatable bonds is 6. The first-order chi connectivity index (χ1) is 19.1. The second-order valence-corrected chi connectivity index (χ2v) is 11.0. The lowest BCUT2D eigenvalue weighted by Gasteiger charge is -2.43. The van der Waals surface area contributed by atoms with E-state index in [0.717, 1.165) is 24.8 Å². The third-order valence-corrected chi connectivity index (χ3v) is 8.12. The second-order valence-electron chi connectivity index (χ2n) is 10.6. The fraction of sp³-hybridized carbons (Fsp3) is 0.429. The van der Waals surface area contributed by atoms with Crippen molar-refractivity contribution in [1.29, 1.82) is 0 Å². The van der Waals surface area contributed by atoms with Crippen molar-refractivity contribution in [2.24, 2.45) is 0 Å². The van der Waals surface area contributed by atoms with Gasteiger partial charge in [0, 0.05) is 36.6 Å². The molecule has 2 amide bonds. The lowest BCUT2D eigenvalue weighted by atomic mass is 10.1. The van der Waals surface area contributed by atoms with Crippen molar-refractivity contribution in [3.63, 3.8) is 0 Å². The van der Waals surface area contributed by atoms with Crippen molar-refractivity contribution in [2.45, 2.75) is 44.8 Å². The fourth-order valence-electron chi connectivity index (χ4n) is 5.52. The lowest BCUT2D eigenvalue weighted by Crippen LogP contribution is -2.58. The Labute approximate surface area is 237 Å². The molecule has 2 saturated heterocycles. The van der Waals surface area contributed by atoms with E-state index >= 15 is 0 Å². The summed E-state index contributed by atoms with van der Waals surface area (Å²) in [5.41, 5.74) is 7.17. The number of hydrogen-bond donors (Lipinski definition) is 3. The van der Waals surface area contributed by atoms with Crippen LogP contribution in [0.4, 0.5) is 22.0 Å². The molecule has 3 aromatic rings. The number of likely N-dealkylation sites (N-methyl/N-ethyl adjacent to an activating group) is 1. The maximum atomic E-state index is 13.7. The molecule has 0 radical (unpaired) electrons. The number of benzene rings is 2. The van der Waals surface area contributed by atoms with Gasteiger partial charge in [0.25, 0.3) is 5.91 Å². The van der Waals surface area contributed by atoms with E-state index < -0.39 is 12.0 Å². The molecule has 5 rings (SSSR count). The van der Waals surface area contributed by atoms with Crippen molar-refractivity contribution in [3.05, 3.63) is 47.1 Å². The molecule has 11 nitrogen and oxygen atoms in total. The molecule has 40 heavy (non-hydrogen) atoms. The number of amides is 2. The summed E-state index contributed by atoms with van der Waals surface area (Å²) in [5.74, 6) is -0.184. The zero-order valence-corrected chi connectivity index (χ0v) is 23.6. The van der Waals surface area contributed by atoms with Gasteiger partial charge in [-0.25, -0.2) is 4.79 Å². The maximum absolute atomic E-state index is 13.7. The Morgan fingerprint density at radius 1 is 1.15 bits per heavy atom. The van der Waals surface area contributed by atoms with E-state index in [0.29, 0.717) is 35.1 Å². The summed E-state index contributed by atoms with van der Waals surface area (Å²) in [6, 6.07) is 10.8. The van der Waals surface area contributed by atoms with Crippen LogP contribution in [0, 0.1) is 0 Å². The number of halogens is 1. The highest BCUT2D eigenvalue weighted by molar-refractivity contribution is 6.37. The van der Waals surface area contributed by atoms with Gasteiger partial charge < -0.3 is 35.6 Å². The number of nitrogens with two attached hydrogens (primary N) is 1. The number of carboxylic acid groups (broad SMARTS) is 1. The summed E-state index contributed by atoms with van der Waals surface area (Å²) in [6.45, 7) is 5.70. The molecule has 0 aliphatic carbocycles. The Morgan fingerprint density at radius 3 is 2.60 bits per heavy atom. The van der Waals surface area contributed by atoms with Crippen LogP contribution in [0.15, 0.2) is 36.4 Å². The molecule has 2 aliphatic heterocycles. The molecule has 3 atom stereocenters. The van der Waals surface area contributed by atoms with Gasteiger partial charge in [-0.15, -0.1) is 0 Å². The average molecular weight is 568 g/mol. The summed E-state index contributed by atoms with van der Waals surface area (Å²) in [4.78, 5) is 40.0. The molecule has 1 aromatic heterocycles. The molecular formula is C28H34ClN7O4. The molecule has 12 heteroatoms. The molecule has 0 saturated carbocycles. The van der Waals surface area contributed by atoms with Crippen LogP contribution in [-0.4, -0.2) is 88.3 Å². The number of aromatic nitrogens is 2. The predicted octanol–water partition coefficient (Wildman–Crippen LogP) is 4.17. The number of carbonyl (C=O) groups is 2. The summed E-state index contributed by atoms with van der Waals surface area (Å²) >= 11 is 6.48. The molecule has 0 unspecified atom stereocenters. The van der Waals surface area contributed by atoms with Crippen LogP contribution < -0.4 is 20.7 Å². The highest BCUT2D eigenvalue weighted by Gasteiger charge is 2.35. The van der Waals surface area contributed by atoms with Gasteiger partial charge in [0.15, 0.2) is 11.5 Å². The zero-order valence-electron chi connectivity index (χ0n) is 22.8. The number of anilines is 3. The predicted molar refractivity (Wildman–Crippen MR) is 156 cm³/mol. The molecule has 2 aliphatic rings. The number of nitrogens with one attached hydrogen (secondary N) is 1. The molecule has 2 aromatic carbocycles. The molecular weight excluding hydrogens is 534 g/mol. The van der Waals surface area contributed by atoms with E-state index in [1.165, 1.54) is 4.90 Å². The van der Waals surface area contributed by atoms with Crippen LogP contribution in [0.5, 0.6) is 6.01 Å². The number of carbonyl (C=O) groups excluding carboxylic acids is 1. The number of nitrogen functional groups attached to an aromatic ring is 1. The highest BCUT2D eigenvalue weighted by atomic mass is 35.5. The van der Waals surface area contributed by atoms with Gasteiger partial charge >= 0.3 is 12.1 Å². The smallest absolute Gasteiger partial charge is 0.407 e. The van der Waals surface area contributed by atoms with Gasteiger partial charge in [-0.1, -0.05) is 35.9 Å². The van der Waals surface area contributed by atoms with Gasteiger partial charge in [-0.05, 0) is 57.8 Å². The average Bonchev–Trinajstić information content (AvgIpc) is 3.33. The van der Waals surface area contributed by atoms with Crippen molar-refractivity contribution in [1.82, 2.24) is 19.8 Å². The monoisotopic (exact) mass is 567 g/mol. The Bertz CT molecular complexity index is 1430. The van der Waals surface area contributed by atoms with Gasteiger partial charge in [-0.2, -0.15) is 9.97 Å². The topological polar surface area (TPSA) is 137 Å². The summed E-state index contributed by atoms with van der Waals surface area (Å²) in [5, 5.41) is 14.6. The third kappa shape index (κ3) is 5.44. The first-order valence-corrected chi connectivity index (χ1v) is 13.8. The van der Waals surface area contributed by atoms with Crippen molar-refractivity contribution in [2.75, 3.05) is 49.2 Å². The largest absolute Gasteiger partial charge is 0.465 e. The molecule has 0 bridgehead atoms. The van der Waals surface area contributed by atoms with Gasteiger partial charge in [0.1, 0.15) is 12.3 Å². The zero-order chi connectivity index (χ0) is 28.6. The number of ether oxygens (including phenoxy) is 1. The Morgan fingerprint density at radius 2 is 1.90 bits per heavy atom. The molecule has 3 heterocycles. The van der Waals surface area contributed by atoms with E-state index in [9.17, 15) is 14.7 Å². The van der Waals surface area contributed by atoms with Crippen LogP contribution in [0.3, 0.4) is 0 Å². The van der Waals surface area contributed by atoms with Crippen LogP contribution in [0.25, 0.3) is 10.8 Å². The number of hydrogen-bond acceptors (Lipinski definition) is 8. The first kappa shape index (κ1) is 27.7. The molecule has 4 N–H and O–H groups in total. The van der Waals surface area contributed by atoms with Crippen LogP contribution in [0.2, 0.25) is 5.02 Å². The number of likely N-dealkylation sites (tertiary alicyclic amines) is 1. The van der Waals surface area contributed by atoms with Gasteiger partial charge in [-0.3, -0.25) is 4.79 Å². The van der Waals surface area contributed by atoms with Crippen LogP contribution >= 0.6 is 11.6 Å². The molecule has 0 spiro atoms. The quantitative estimate of drug-likeness (QED) is 0.401. The van der Waals surface area contributed by atoms with Crippen molar-refractivity contribution >= 4 is 51.6 Å². The fourth-order valence-corrected chi connectivity index (χ4v) is 5.81. The Hall–Kier alpha value is -3.83. The minimum Gasteiger partial charge on any atom is -0.465 e. The summed E-state index contributed by atoms with van der Waals surface area (Å²) in [6.07, 6.45) is 1.11. The number of nitrogens with zero attached hydrogens (tertiary/aromatic N) is 5. The van der Waals surface area contributed by atoms with Gasteiger partial charge in [0.2, 0.25) is 0 Å². The number of piperazine rings is 1.